The zero-order valence-electron chi connectivity index (χ0n) is 8.68. The Morgan fingerprint density at radius 3 is 2.86 bits per heavy atom. The quantitative estimate of drug-likeness (QED) is 0.688. The van der Waals surface area contributed by atoms with Crippen LogP contribution in [-0.2, 0) is 4.74 Å². The van der Waals surface area contributed by atoms with Crippen molar-refractivity contribution in [3.63, 3.8) is 0 Å². The number of dihydropyridines is 1. The second-order valence-electron chi connectivity index (χ2n) is 3.79. The first-order valence-corrected chi connectivity index (χ1v) is 5.31. The summed E-state index contributed by atoms with van der Waals surface area (Å²) in [4.78, 5) is 0. The Labute approximate surface area is 85.2 Å². The van der Waals surface area contributed by atoms with Gasteiger partial charge in [0.05, 0.1) is 12.8 Å². The molecule has 0 aromatic heterocycles. The molecule has 2 rings (SSSR count). The zero-order chi connectivity index (χ0) is 9.80. The van der Waals surface area contributed by atoms with Crippen LogP contribution in [-0.4, -0.2) is 26.7 Å². The van der Waals surface area contributed by atoms with Gasteiger partial charge in [-0.2, -0.15) is 0 Å². The molecule has 1 saturated heterocycles. The highest BCUT2D eigenvalue weighted by Crippen LogP contribution is 2.24. The van der Waals surface area contributed by atoms with Crippen molar-refractivity contribution in [3.05, 3.63) is 23.6 Å². The Kier molecular flexibility index (Phi) is 3.09. The monoisotopic (exact) mass is 194 g/mol. The van der Waals surface area contributed by atoms with Gasteiger partial charge in [0.15, 0.2) is 0 Å². The first-order chi connectivity index (χ1) is 6.92. The minimum Gasteiger partial charge on any atom is -0.495 e. The van der Waals surface area contributed by atoms with Crippen LogP contribution in [0.1, 0.15) is 12.8 Å². The van der Waals surface area contributed by atoms with Crippen molar-refractivity contribution in [1.29, 1.82) is 0 Å². The highest BCUT2D eigenvalue weighted by Gasteiger charge is 2.21. The number of piperidine rings is 1. The summed E-state index contributed by atoms with van der Waals surface area (Å²) in [5, 5.41) is 6.81. The average molecular weight is 194 g/mol. The van der Waals surface area contributed by atoms with Crippen LogP contribution >= 0.6 is 0 Å². The molecular formula is C11H18N2O. The highest BCUT2D eigenvalue weighted by molar-refractivity contribution is 5.25. The van der Waals surface area contributed by atoms with Gasteiger partial charge in [-0.05, 0) is 32.0 Å². The Morgan fingerprint density at radius 2 is 2.14 bits per heavy atom. The second-order valence-corrected chi connectivity index (χ2v) is 3.79. The van der Waals surface area contributed by atoms with Gasteiger partial charge in [-0.15, -0.1) is 0 Å². The van der Waals surface area contributed by atoms with Crippen LogP contribution in [0.15, 0.2) is 23.6 Å². The predicted octanol–water partition coefficient (Wildman–Crippen LogP) is 1.00. The molecule has 0 radical (unpaired) electrons. The highest BCUT2D eigenvalue weighted by atomic mass is 16.5. The third-order valence-corrected chi connectivity index (χ3v) is 2.91. The van der Waals surface area contributed by atoms with Gasteiger partial charge < -0.3 is 15.4 Å². The summed E-state index contributed by atoms with van der Waals surface area (Å²) >= 11 is 0. The summed E-state index contributed by atoms with van der Waals surface area (Å²) < 4.78 is 5.37. The second kappa shape index (κ2) is 4.51. The van der Waals surface area contributed by atoms with E-state index in [1.54, 1.807) is 7.11 Å². The van der Waals surface area contributed by atoms with Crippen LogP contribution in [0, 0.1) is 5.92 Å². The molecule has 0 saturated carbocycles. The van der Waals surface area contributed by atoms with Gasteiger partial charge in [0, 0.05) is 12.5 Å². The molecular weight excluding hydrogens is 176 g/mol. The lowest BCUT2D eigenvalue weighted by molar-refractivity contribution is 0.282. The molecule has 0 aliphatic carbocycles. The van der Waals surface area contributed by atoms with E-state index in [4.69, 9.17) is 4.74 Å². The molecule has 0 atom stereocenters. The fourth-order valence-electron chi connectivity index (χ4n) is 2.15. The predicted molar refractivity (Wildman–Crippen MR) is 56.8 cm³/mol. The number of hydrogen-bond donors (Lipinski definition) is 2. The van der Waals surface area contributed by atoms with E-state index in [1.165, 1.54) is 18.5 Å². The molecule has 0 unspecified atom stereocenters. The van der Waals surface area contributed by atoms with E-state index < -0.39 is 0 Å². The molecule has 0 aromatic rings. The normalized spacial score (nSPS) is 23.5. The zero-order valence-corrected chi connectivity index (χ0v) is 8.68. The van der Waals surface area contributed by atoms with E-state index in [0.717, 1.165) is 25.4 Å². The van der Waals surface area contributed by atoms with Crippen molar-refractivity contribution >= 4 is 0 Å². The molecule has 14 heavy (non-hydrogen) atoms. The van der Waals surface area contributed by atoms with E-state index in [2.05, 4.69) is 22.8 Å². The number of allylic oxidation sites excluding steroid dienone is 2. The molecule has 0 spiro atoms. The molecule has 3 heteroatoms. The number of rotatable bonds is 2. The SMILES string of the molecule is COC1=C(C2CCNCC2)NCC=C1. The molecule has 1 fully saturated rings. The van der Waals surface area contributed by atoms with Gasteiger partial charge in [0.1, 0.15) is 5.76 Å². The summed E-state index contributed by atoms with van der Waals surface area (Å²) in [7, 11) is 1.74. The lowest BCUT2D eigenvalue weighted by atomic mass is 9.92. The van der Waals surface area contributed by atoms with Crippen molar-refractivity contribution in [1.82, 2.24) is 10.6 Å². The number of hydrogen-bond acceptors (Lipinski definition) is 3. The maximum atomic E-state index is 5.37. The van der Waals surface area contributed by atoms with Crippen molar-refractivity contribution < 1.29 is 4.74 Å². The summed E-state index contributed by atoms with van der Waals surface area (Å²) in [5.74, 6) is 1.67. The van der Waals surface area contributed by atoms with Crippen LogP contribution in [0.5, 0.6) is 0 Å². The third kappa shape index (κ3) is 1.93. The average Bonchev–Trinajstić information content (AvgIpc) is 2.30. The maximum Gasteiger partial charge on any atom is 0.137 e. The minimum atomic E-state index is 0.649. The van der Waals surface area contributed by atoms with Crippen LogP contribution in [0.3, 0.4) is 0 Å². The van der Waals surface area contributed by atoms with Crippen molar-refractivity contribution in [2.24, 2.45) is 5.92 Å². The molecule has 0 amide bonds. The van der Waals surface area contributed by atoms with Gasteiger partial charge in [0.25, 0.3) is 0 Å². The maximum absolute atomic E-state index is 5.37. The largest absolute Gasteiger partial charge is 0.495 e. The smallest absolute Gasteiger partial charge is 0.137 e. The van der Waals surface area contributed by atoms with Crippen molar-refractivity contribution in [2.45, 2.75) is 12.8 Å². The van der Waals surface area contributed by atoms with E-state index in [1.807, 2.05) is 0 Å². The van der Waals surface area contributed by atoms with Gasteiger partial charge >= 0.3 is 0 Å². The fourth-order valence-corrected chi connectivity index (χ4v) is 2.15. The topological polar surface area (TPSA) is 33.3 Å². The first-order valence-electron chi connectivity index (χ1n) is 5.31. The van der Waals surface area contributed by atoms with E-state index in [-0.39, 0.29) is 0 Å². The first kappa shape index (κ1) is 9.59. The summed E-state index contributed by atoms with van der Waals surface area (Å²) in [6, 6.07) is 0. The summed E-state index contributed by atoms with van der Waals surface area (Å²) in [6.07, 6.45) is 6.60. The van der Waals surface area contributed by atoms with Crippen LogP contribution in [0.25, 0.3) is 0 Å². The van der Waals surface area contributed by atoms with Crippen molar-refractivity contribution in [3.8, 4) is 0 Å². The van der Waals surface area contributed by atoms with Gasteiger partial charge in [0.2, 0.25) is 0 Å². The Morgan fingerprint density at radius 1 is 1.36 bits per heavy atom. The minimum absolute atomic E-state index is 0.649. The molecule has 3 nitrogen and oxygen atoms in total. The third-order valence-electron chi connectivity index (χ3n) is 2.91. The van der Waals surface area contributed by atoms with Gasteiger partial charge in [-0.3, -0.25) is 0 Å². The molecule has 2 aliphatic heterocycles. The Bertz CT molecular complexity index is 252. The molecule has 0 aromatic carbocycles. The number of nitrogens with one attached hydrogen (secondary N) is 2. The lowest BCUT2D eigenvalue weighted by Crippen LogP contribution is -2.34. The van der Waals surface area contributed by atoms with Crippen LogP contribution in [0.2, 0.25) is 0 Å². The summed E-state index contributed by atoms with van der Waals surface area (Å²) in [6.45, 7) is 3.18. The van der Waals surface area contributed by atoms with Crippen molar-refractivity contribution in [2.75, 3.05) is 26.7 Å². The molecule has 2 aliphatic rings. The standard InChI is InChI=1S/C11H18N2O/c1-14-10-3-2-6-13-11(10)9-4-7-12-8-5-9/h2-3,9,12-13H,4-8H2,1H3. The van der Waals surface area contributed by atoms with E-state index in [0.29, 0.717) is 5.92 Å². The molecule has 2 heterocycles. The van der Waals surface area contributed by atoms with Crippen LogP contribution in [0.4, 0.5) is 0 Å². The molecule has 78 valence electrons. The van der Waals surface area contributed by atoms with E-state index in [9.17, 15) is 0 Å². The Hall–Kier alpha value is -0.960. The summed E-state index contributed by atoms with van der Waals surface area (Å²) in [5.41, 5.74) is 1.30. The van der Waals surface area contributed by atoms with Gasteiger partial charge in [-0.25, -0.2) is 0 Å². The Balaban J connectivity index is 2.12. The lowest BCUT2D eigenvalue weighted by Gasteiger charge is -2.28. The molecule has 2 N–H and O–H groups in total. The van der Waals surface area contributed by atoms with Crippen LogP contribution < -0.4 is 10.6 Å². The number of methoxy groups -OCH3 is 1. The van der Waals surface area contributed by atoms with Gasteiger partial charge in [-0.1, -0.05) is 6.08 Å². The number of ether oxygens (including phenoxy) is 1. The fraction of sp³-hybridized carbons (Fsp3) is 0.636. The molecule has 0 bridgehead atoms. The van der Waals surface area contributed by atoms with E-state index >= 15 is 0 Å².